The number of hydrogen-bond acceptors (Lipinski definition) is 4. The van der Waals surface area contributed by atoms with Crippen LogP contribution in [0.2, 0.25) is 0 Å². The lowest BCUT2D eigenvalue weighted by atomic mass is 9.81. The number of para-hydroxylation sites is 2. The molecule has 1 aromatic heterocycles. The summed E-state index contributed by atoms with van der Waals surface area (Å²) in [6.45, 7) is 4.23. The maximum absolute atomic E-state index is 12.9. The Balaban J connectivity index is 1.52. The molecule has 0 spiro atoms. The highest BCUT2D eigenvalue weighted by Crippen LogP contribution is 2.31. The summed E-state index contributed by atoms with van der Waals surface area (Å²) in [4.78, 5) is 21.0. The number of nitrogens with zero attached hydrogens (tertiary/aromatic N) is 1. The van der Waals surface area contributed by atoms with Crippen molar-refractivity contribution in [3.05, 3.63) is 30.1 Å². The first kappa shape index (κ1) is 16.5. The van der Waals surface area contributed by atoms with Crippen LogP contribution in [-0.2, 0) is 4.79 Å². The van der Waals surface area contributed by atoms with Gasteiger partial charge in [0.2, 0.25) is 5.91 Å². The molecule has 4 atom stereocenters. The number of hydrogen-bond donors (Lipinski definition) is 4. The maximum atomic E-state index is 12.9. The van der Waals surface area contributed by atoms with Crippen molar-refractivity contribution in [3.63, 3.8) is 0 Å². The molecule has 2 fully saturated rings. The third-order valence-corrected chi connectivity index (χ3v) is 5.62. The number of aromatic amines is 1. The van der Waals surface area contributed by atoms with E-state index in [1.807, 2.05) is 24.3 Å². The zero-order chi connectivity index (χ0) is 17.4. The molecule has 1 aliphatic heterocycles. The van der Waals surface area contributed by atoms with E-state index in [1.165, 1.54) is 12.8 Å². The fourth-order valence-corrected chi connectivity index (χ4v) is 4.22. The maximum Gasteiger partial charge on any atom is 0.239 e. The molecule has 4 unspecified atom stereocenters. The second kappa shape index (κ2) is 6.77. The molecular formula is C19H27N5O. The molecule has 1 saturated carbocycles. The topological polar surface area (TPSA) is 81.8 Å². The van der Waals surface area contributed by atoms with Crippen molar-refractivity contribution in [3.8, 4) is 0 Å². The van der Waals surface area contributed by atoms with E-state index in [0.717, 1.165) is 29.7 Å². The molecule has 2 aliphatic rings. The Morgan fingerprint density at radius 3 is 2.80 bits per heavy atom. The number of amides is 1. The van der Waals surface area contributed by atoms with Crippen LogP contribution in [-0.4, -0.2) is 28.0 Å². The average molecular weight is 341 g/mol. The summed E-state index contributed by atoms with van der Waals surface area (Å²) in [6.07, 6.45) is 4.72. The van der Waals surface area contributed by atoms with Crippen LogP contribution >= 0.6 is 0 Å². The van der Waals surface area contributed by atoms with Crippen molar-refractivity contribution in [2.75, 3.05) is 0 Å². The number of imidazole rings is 1. The molecule has 0 radical (unpaired) electrons. The second-order valence-electron chi connectivity index (χ2n) is 7.69. The van der Waals surface area contributed by atoms with Crippen molar-refractivity contribution in [1.82, 2.24) is 26.1 Å². The van der Waals surface area contributed by atoms with E-state index in [9.17, 15) is 4.79 Å². The van der Waals surface area contributed by atoms with E-state index >= 15 is 0 Å². The molecular weight excluding hydrogens is 314 g/mol. The van der Waals surface area contributed by atoms with Gasteiger partial charge >= 0.3 is 0 Å². The fourth-order valence-electron chi connectivity index (χ4n) is 4.22. The summed E-state index contributed by atoms with van der Waals surface area (Å²) in [7, 11) is 0. The Labute approximate surface area is 148 Å². The van der Waals surface area contributed by atoms with E-state index in [2.05, 4.69) is 40.0 Å². The zero-order valence-electron chi connectivity index (χ0n) is 14.9. The van der Waals surface area contributed by atoms with Gasteiger partial charge in [-0.2, -0.15) is 0 Å². The van der Waals surface area contributed by atoms with Crippen molar-refractivity contribution in [2.45, 2.75) is 57.7 Å². The van der Waals surface area contributed by atoms with Crippen molar-refractivity contribution in [1.29, 1.82) is 0 Å². The highest BCUT2D eigenvalue weighted by molar-refractivity contribution is 5.83. The summed E-state index contributed by atoms with van der Waals surface area (Å²) < 4.78 is 0. The highest BCUT2D eigenvalue weighted by Gasteiger charge is 2.41. The predicted molar refractivity (Wildman–Crippen MR) is 97.6 cm³/mol. The third-order valence-electron chi connectivity index (χ3n) is 5.62. The van der Waals surface area contributed by atoms with Gasteiger partial charge in [-0.15, -0.1) is 0 Å². The van der Waals surface area contributed by atoms with Crippen molar-refractivity contribution >= 4 is 16.9 Å². The smallest absolute Gasteiger partial charge is 0.239 e. The first-order valence-corrected chi connectivity index (χ1v) is 9.39. The Morgan fingerprint density at radius 2 is 2.00 bits per heavy atom. The Hall–Kier alpha value is -1.92. The summed E-state index contributed by atoms with van der Waals surface area (Å²) >= 11 is 0. The molecule has 6 nitrogen and oxygen atoms in total. The minimum absolute atomic E-state index is 0.0704. The highest BCUT2D eigenvalue weighted by atomic mass is 16.2. The van der Waals surface area contributed by atoms with E-state index in [4.69, 9.17) is 0 Å². The molecule has 1 aromatic carbocycles. The van der Waals surface area contributed by atoms with Gasteiger partial charge in [-0.25, -0.2) is 10.4 Å². The van der Waals surface area contributed by atoms with Gasteiger partial charge in [0, 0.05) is 12.0 Å². The van der Waals surface area contributed by atoms with Crippen LogP contribution in [0.3, 0.4) is 0 Å². The normalized spacial score (nSPS) is 27.4. The van der Waals surface area contributed by atoms with Gasteiger partial charge in [-0.1, -0.05) is 38.8 Å². The lowest BCUT2D eigenvalue weighted by Crippen LogP contribution is -2.47. The van der Waals surface area contributed by atoms with Gasteiger partial charge in [-0.3, -0.25) is 10.2 Å². The molecule has 2 aromatic rings. The quantitative estimate of drug-likeness (QED) is 0.688. The number of aromatic nitrogens is 2. The Bertz CT molecular complexity index is 722. The van der Waals surface area contributed by atoms with Gasteiger partial charge in [-0.05, 0) is 30.9 Å². The Kier molecular flexibility index (Phi) is 4.48. The fraction of sp³-hybridized carbons (Fsp3) is 0.579. The minimum Gasteiger partial charge on any atom is -0.344 e. The zero-order valence-corrected chi connectivity index (χ0v) is 14.9. The van der Waals surface area contributed by atoms with Crippen LogP contribution in [0.5, 0.6) is 0 Å². The number of benzene rings is 1. The molecule has 0 bridgehead atoms. The monoisotopic (exact) mass is 341 g/mol. The molecule has 2 heterocycles. The lowest BCUT2D eigenvalue weighted by Gasteiger charge is -2.28. The van der Waals surface area contributed by atoms with Crippen LogP contribution in [0, 0.1) is 11.8 Å². The van der Waals surface area contributed by atoms with Gasteiger partial charge in [0.15, 0.2) is 0 Å². The molecule has 4 rings (SSSR count). The summed E-state index contributed by atoms with van der Waals surface area (Å²) in [5.74, 6) is 1.54. The Morgan fingerprint density at radius 1 is 1.20 bits per heavy atom. The molecule has 134 valence electrons. The second-order valence-corrected chi connectivity index (χ2v) is 7.69. The molecule has 4 N–H and O–H groups in total. The van der Waals surface area contributed by atoms with Crippen LogP contribution < -0.4 is 16.2 Å². The first-order valence-electron chi connectivity index (χ1n) is 9.39. The summed E-state index contributed by atoms with van der Waals surface area (Å²) in [5.41, 5.74) is 8.49. The van der Waals surface area contributed by atoms with Gasteiger partial charge in [0.05, 0.1) is 17.1 Å². The number of nitrogens with one attached hydrogen (secondary N) is 4. The van der Waals surface area contributed by atoms with E-state index in [0.29, 0.717) is 12.0 Å². The van der Waals surface area contributed by atoms with Gasteiger partial charge in [0.25, 0.3) is 0 Å². The number of carbonyl (C=O) groups excluding carboxylic acids is 1. The van der Waals surface area contributed by atoms with E-state index < -0.39 is 0 Å². The van der Waals surface area contributed by atoms with E-state index in [1.54, 1.807) is 0 Å². The SMILES string of the molecule is CC(C)C(NC(=O)C1NNC2CCCCC21)c1nc2ccccc2[nH]1. The number of H-pyrrole nitrogens is 1. The number of fused-ring (bicyclic) bond motifs is 2. The largest absolute Gasteiger partial charge is 0.344 e. The minimum atomic E-state index is -0.157. The number of carbonyl (C=O) groups is 1. The molecule has 1 aliphatic carbocycles. The third kappa shape index (κ3) is 3.16. The van der Waals surface area contributed by atoms with Crippen molar-refractivity contribution in [2.24, 2.45) is 11.8 Å². The van der Waals surface area contributed by atoms with Crippen molar-refractivity contribution < 1.29 is 4.79 Å². The summed E-state index contributed by atoms with van der Waals surface area (Å²) in [6, 6.07) is 8.12. The number of hydrazine groups is 1. The summed E-state index contributed by atoms with van der Waals surface area (Å²) in [5, 5.41) is 3.23. The molecule has 1 saturated heterocycles. The van der Waals surface area contributed by atoms with Crippen LogP contribution in [0.1, 0.15) is 51.4 Å². The van der Waals surface area contributed by atoms with Crippen LogP contribution in [0.4, 0.5) is 0 Å². The first-order chi connectivity index (χ1) is 12.1. The predicted octanol–water partition coefficient (Wildman–Crippen LogP) is 2.41. The average Bonchev–Trinajstić information content (AvgIpc) is 3.23. The van der Waals surface area contributed by atoms with Crippen LogP contribution in [0.15, 0.2) is 24.3 Å². The molecule has 6 heteroatoms. The van der Waals surface area contributed by atoms with E-state index in [-0.39, 0.29) is 23.9 Å². The molecule has 25 heavy (non-hydrogen) atoms. The molecule has 1 amide bonds. The van der Waals surface area contributed by atoms with Crippen LogP contribution in [0.25, 0.3) is 11.0 Å². The lowest BCUT2D eigenvalue weighted by molar-refractivity contribution is -0.125. The van der Waals surface area contributed by atoms with Gasteiger partial charge < -0.3 is 10.3 Å². The van der Waals surface area contributed by atoms with Gasteiger partial charge in [0.1, 0.15) is 11.9 Å². The standard InChI is InChI=1S/C19H27N5O/c1-11(2)16(18-20-14-9-5-6-10-15(14)21-18)22-19(25)17-12-7-3-4-8-13(12)23-24-17/h5-6,9-13,16-17,23-24H,3-4,7-8H2,1-2H3,(H,20,21)(H,22,25). The number of rotatable bonds is 4.